The fourth-order valence-corrected chi connectivity index (χ4v) is 0.906. The zero-order valence-electron chi connectivity index (χ0n) is 7.45. The zero-order chi connectivity index (χ0) is 9.40. The number of carbonyl (C=O) groups is 2. The van der Waals surface area contributed by atoms with E-state index in [2.05, 4.69) is 0 Å². The van der Waals surface area contributed by atoms with E-state index in [1.807, 2.05) is 0 Å². The molecule has 4 nitrogen and oxygen atoms in total. The fraction of sp³-hybridized carbons (Fsp3) is 0.667. The minimum absolute atomic E-state index is 0. The van der Waals surface area contributed by atoms with Crippen LogP contribution in [0.2, 0.25) is 0 Å². The monoisotopic (exact) mass is 186 g/mol. The van der Waals surface area contributed by atoms with E-state index in [-0.39, 0.29) is 20.3 Å². The van der Waals surface area contributed by atoms with Gasteiger partial charge in [0.25, 0.3) is 0 Å². The second-order valence-electron chi connectivity index (χ2n) is 2.70. The van der Waals surface area contributed by atoms with Gasteiger partial charge in [-0.2, -0.15) is 0 Å². The highest BCUT2D eigenvalue weighted by Gasteiger charge is 1.98. The summed E-state index contributed by atoms with van der Waals surface area (Å²) in [4.78, 5) is 20.1. The van der Waals surface area contributed by atoms with E-state index < -0.39 is 11.9 Å². The third-order valence-electron chi connectivity index (χ3n) is 1.53. The lowest BCUT2D eigenvalue weighted by atomic mass is 10.1. The molecule has 0 rings (SSSR count). The van der Waals surface area contributed by atoms with E-state index in [0.29, 0.717) is 12.8 Å². The Hall–Kier alpha value is -1.06. The van der Waals surface area contributed by atoms with Gasteiger partial charge in [0.05, 0.1) is 0 Å². The smallest absolute Gasteiger partial charge is 0.303 e. The fourth-order valence-electron chi connectivity index (χ4n) is 0.906. The molecule has 0 amide bonds. The van der Waals surface area contributed by atoms with Gasteiger partial charge in [-0.15, -0.1) is 0 Å². The van der Waals surface area contributed by atoms with Gasteiger partial charge in [-0.1, -0.05) is 12.8 Å². The Morgan fingerprint density at radius 1 is 0.769 bits per heavy atom. The summed E-state index contributed by atoms with van der Waals surface area (Å²) in [7, 11) is 0. The van der Waals surface area contributed by atoms with Crippen molar-refractivity contribution in [2.75, 3.05) is 0 Å². The normalized spacial score (nSPS) is 8.92. The molecule has 0 saturated heterocycles. The van der Waals surface area contributed by atoms with Gasteiger partial charge in [-0.05, 0) is 12.8 Å². The molecule has 0 atom stereocenters. The Balaban J connectivity index is 0. The molecule has 0 fully saturated rings. The molecule has 4 heteroatoms. The summed E-state index contributed by atoms with van der Waals surface area (Å²) in [5, 5.41) is 16.5. The average Bonchev–Trinajstić information content (AvgIpc) is 1.95. The molecule has 2 N–H and O–H groups in total. The Kier molecular flexibility index (Phi) is 10.0. The van der Waals surface area contributed by atoms with Gasteiger partial charge in [0.15, 0.2) is 0 Å². The van der Waals surface area contributed by atoms with Crippen molar-refractivity contribution in [1.82, 2.24) is 0 Å². The first-order valence-electron chi connectivity index (χ1n) is 4.06. The molecule has 0 aromatic carbocycles. The summed E-state index contributed by atoms with van der Waals surface area (Å²) in [5.41, 5.74) is 0. The first kappa shape index (κ1) is 14.5. The molecule has 0 aliphatic rings. The highest BCUT2D eigenvalue weighted by Crippen LogP contribution is 2.04. The topological polar surface area (TPSA) is 74.6 Å². The van der Waals surface area contributed by atoms with Crippen molar-refractivity contribution in [2.24, 2.45) is 0 Å². The van der Waals surface area contributed by atoms with Crippen LogP contribution in [-0.4, -0.2) is 22.2 Å². The molecule has 74 valence electrons. The lowest BCUT2D eigenvalue weighted by molar-refractivity contribution is -0.138. The average molecular weight is 186 g/mol. The largest absolute Gasteiger partial charge is 0.481 e. The second-order valence-corrected chi connectivity index (χ2v) is 2.70. The van der Waals surface area contributed by atoms with Gasteiger partial charge in [0.1, 0.15) is 0 Å². The van der Waals surface area contributed by atoms with Crippen LogP contribution in [0, 0.1) is 7.43 Å². The number of rotatable bonds is 7. The molecule has 0 bridgehead atoms. The van der Waals surface area contributed by atoms with E-state index >= 15 is 0 Å². The summed E-state index contributed by atoms with van der Waals surface area (Å²) in [5.74, 6) is -1.57. The quantitative estimate of drug-likeness (QED) is 0.592. The van der Waals surface area contributed by atoms with E-state index in [1.165, 1.54) is 0 Å². The van der Waals surface area contributed by atoms with Crippen molar-refractivity contribution in [2.45, 2.75) is 38.5 Å². The van der Waals surface area contributed by atoms with Crippen LogP contribution in [0.3, 0.4) is 0 Å². The Labute approximate surface area is 78.6 Å². The Morgan fingerprint density at radius 2 is 1.08 bits per heavy atom. The maximum absolute atomic E-state index is 10.0. The summed E-state index contributed by atoms with van der Waals surface area (Å²) >= 11 is 0. The van der Waals surface area contributed by atoms with Crippen molar-refractivity contribution in [3.8, 4) is 0 Å². The van der Waals surface area contributed by atoms with Crippen LogP contribution >= 0.6 is 0 Å². The van der Waals surface area contributed by atoms with Crippen LogP contribution < -0.4 is 0 Å². The molecule has 0 aromatic rings. The van der Waals surface area contributed by atoms with Gasteiger partial charge >= 0.3 is 11.9 Å². The molecule has 0 spiro atoms. The SMILES string of the molecule is O=C(O)CCCCCCC(=O)O.[C]. The van der Waals surface area contributed by atoms with E-state index in [4.69, 9.17) is 10.2 Å². The maximum atomic E-state index is 10.0. The highest BCUT2D eigenvalue weighted by atomic mass is 16.4. The van der Waals surface area contributed by atoms with Gasteiger partial charge in [0.2, 0.25) is 0 Å². The third kappa shape index (κ3) is 13.9. The molecule has 0 aromatic heterocycles. The lowest BCUT2D eigenvalue weighted by Crippen LogP contribution is -1.95. The number of unbranched alkanes of at least 4 members (excludes halogenated alkanes) is 3. The first-order valence-corrected chi connectivity index (χ1v) is 4.06. The van der Waals surface area contributed by atoms with Crippen LogP contribution in [0.15, 0.2) is 0 Å². The van der Waals surface area contributed by atoms with Crippen molar-refractivity contribution < 1.29 is 19.8 Å². The van der Waals surface area contributed by atoms with Crippen LogP contribution in [0.5, 0.6) is 0 Å². The number of carboxylic acids is 2. The summed E-state index contributed by atoms with van der Waals surface area (Å²) in [6, 6.07) is 0. The van der Waals surface area contributed by atoms with Crippen molar-refractivity contribution in [3.63, 3.8) is 0 Å². The maximum Gasteiger partial charge on any atom is 0.303 e. The van der Waals surface area contributed by atoms with Crippen LogP contribution in [0.25, 0.3) is 0 Å². The molecular formula is C9H14O4. The molecule has 4 radical (unpaired) electrons. The molecule has 13 heavy (non-hydrogen) atoms. The number of aliphatic carboxylic acids is 2. The number of carboxylic acid groups (broad SMARTS) is 2. The van der Waals surface area contributed by atoms with Crippen LogP contribution in [-0.2, 0) is 9.59 Å². The third-order valence-corrected chi connectivity index (χ3v) is 1.53. The molecule has 0 heterocycles. The summed E-state index contributed by atoms with van der Waals surface area (Å²) in [6.07, 6.45) is 3.28. The Bertz CT molecular complexity index is 136. The van der Waals surface area contributed by atoms with Crippen molar-refractivity contribution in [3.05, 3.63) is 7.43 Å². The lowest BCUT2D eigenvalue weighted by Gasteiger charge is -1.96. The van der Waals surface area contributed by atoms with Crippen LogP contribution in [0.1, 0.15) is 38.5 Å². The molecular weight excluding hydrogens is 172 g/mol. The van der Waals surface area contributed by atoms with Crippen LogP contribution in [0.4, 0.5) is 0 Å². The standard InChI is InChI=1S/C8H14O4.C/c9-7(10)5-3-1-2-4-6-8(11)12;/h1-6H2,(H,9,10)(H,11,12);. The van der Waals surface area contributed by atoms with E-state index in [0.717, 1.165) is 12.8 Å². The second kappa shape index (κ2) is 9.03. The molecule has 0 saturated carbocycles. The van der Waals surface area contributed by atoms with Gasteiger partial charge in [-0.25, -0.2) is 0 Å². The van der Waals surface area contributed by atoms with Crippen molar-refractivity contribution in [1.29, 1.82) is 0 Å². The highest BCUT2D eigenvalue weighted by molar-refractivity contribution is 5.66. The molecule has 0 aliphatic heterocycles. The van der Waals surface area contributed by atoms with E-state index in [1.54, 1.807) is 0 Å². The van der Waals surface area contributed by atoms with Gasteiger partial charge in [-0.3, -0.25) is 9.59 Å². The summed E-state index contributed by atoms with van der Waals surface area (Å²) < 4.78 is 0. The van der Waals surface area contributed by atoms with Gasteiger partial charge in [0, 0.05) is 20.3 Å². The summed E-state index contributed by atoms with van der Waals surface area (Å²) in [6.45, 7) is 0. The first-order chi connectivity index (χ1) is 5.63. The van der Waals surface area contributed by atoms with Crippen molar-refractivity contribution >= 4 is 11.9 Å². The number of hydrogen-bond donors (Lipinski definition) is 2. The Morgan fingerprint density at radius 3 is 1.31 bits per heavy atom. The van der Waals surface area contributed by atoms with E-state index in [9.17, 15) is 9.59 Å². The predicted octanol–water partition coefficient (Wildman–Crippen LogP) is 1.58. The predicted molar refractivity (Wildman–Crippen MR) is 46.2 cm³/mol. The molecule has 0 aliphatic carbocycles. The zero-order valence-corrected chi connectivity index (χ0v) is 7.45. The van der Waals surface area contributed by atoms with Gasteiger partial charge < -0.3 is 10.2 Å². The number of hydrogen-bond acceptors (Lipinski definition) is 2. The minimum Gasteiger partial charge on any atom is -0.481 e. The molecule has 0 unspecified atom stereocenters. The minimum atomic E-state index is -0.784.